The minimum atomic E-state index is 0.978. The van der Waals surface area contributed by atoms with Gasteiger partial charge in [-0.25, -0.2) is 0 Å². The van der Waals surface area contributed by atoms with Crippen molar-refractivity contribution in [1.82, 2.24) is 5.32 Å². The van der Waals surface area contributed by atoms with Gasteiger partial charge in [-0.3, -0.25) is 4.99 Å². The lowest BCUT2D eigenvalue weighted by atomic mass is 10.3. The molecule has 1 aliphatic rings. The third-order valence-corrected chi connectivity index (χ3v) is 3.68. The maximum Gasteiger partial charge on any atom is 0.156 e. The van der Waals surface area contributed by atoms with Gasteiger partial charge in [-0.2, -0.15) is 0 Å². The van der Waals surface area contributed by atoms with Gasteiger partial charge in [0.2, 0.25) is 0 Å². The molecule has 0 spiro atoms. The summed E-state index contributed by atoms with van der Waals surface area (Å²) >= 11 is 3.64. The van der Waals surface area contributed by atoms with E-state index in [1.165, 1.54) is 4.88 Å². The van der Waals surface area contributed by atoms with E-state index in [0.29, 0.717) is 0 Å². The van der Waals surface area contributed by atoms with Gasteiger partial charge in [0.25, 0.3) is 0 Å². The fraction of sp³-hybridized carbons (Fsp3) is 0.444. The monoisotopic (exact) mass is 212 g/mol. The lowest BCUT2D eigenvalue weighted by Crippen LogP contribution is -2.21. The molecule has 0 amide bonds. The van der Waals surface area contributed by atoms with Gasteiger partial charge in [-0.1, -0.05) is 17.8 Å². The second-order valence-electron chi connectivity index (χ2n) is 2.79. The number of hydrogen-bond donors (Lipinski definition) is 1. The predicted octanol–water partition coefficient (Wildman–Crippen LogP) is 1.98. The number of nitrogens with one attached hydrogen (secondary N) is 1. The molecule has 0 bridgehead atoms. The molecule has 70 valence electrons. The van der Waals surface area contributed by atoms with Crippen LogP contribution in [0.25, 0.3) is 0 Å². The van der Waals surface area contributed by atoms with Crippen molar-refractivity contribution in [3.05, 3.63) is 22.4 Å². The molecule has 2 rings (SSSR count). The topological polar surface area (TPSA) is 24.4 Å². The molecule has 0 aromatic carbocycles. The number of rotatable bonds is 3. The highest BCUT2D eigenvalue weighted by Crippen LogP contribution is 2.10. The van der Waals surface area contributed by atoms with Gasteiger partial charge < -0.3 is 5.32 Å². The molecule has 4 heteroatoms. The second kappa shape index (κ2) is 4.67. The van der Waals surface area contributed by atoms with Crippen molar-refractivity contribution in [3.63, 3.8) is 0 Å². The number of aliphatic imine (C=N–C) groups is 1. The minimum absolute atomic E-state index is 0.978. The zero-order valence-electron chi connectivity index (χ0n) is 7.32. The molecule has 0 atom stereocenters. The van der Waals surface area contributed by atoms with Crippen LogP contribution in [0.1, 0.15) is 4.88 Å². The van der Waals surface area contributed by atoms with Gasteiger partial charge in [0.15, 0.2) is 5.17 Å². The van der Waals surface area contributed by atoms with E-state index in [-0.39, 0.29) is 0 Å². The summed E-state index contributed by atoms with van der Waals surface area (Å²) in [6, 6.07) is 4.28. The van der Waals surface area contributed by atoms with Crippen LogP contribution >= 0.6 is 23.1 Å². The summed E-state index contributed by atoms with van der Waals surface area (Å²) in [4.78, 5) is 5.77. The van der Waals surface area contributed by atoms with Gasteiger partial charge in [0.05, 0.1) is 6.54 Å². The molecule has 0 saturated heterocycles. The van der Waals surface area contributed by atoms with E-state index in [0.717, 1.165) is 30.4 Å². The zero-order valence-corrected chi connectivity index (χ0v) is 8.96. The van der Waals surface area contributed by atoms with Crippen molar-refractivity contribution >= 4 is 28.3 Å². The fourth-order valence-corrected chi connectivity index (χ4v) is 2.66. The van der Waals surface area contributed by atoms with Crippen LogP contribution in [0.5, 0.6) is 0 Å². The quantitative estimate of drug-likeness (QED) is 0.828. The molecule has 1 N–H and O–H groups in total. The summed E-state index contributed by atoms with van der Waals surface area (Å²) in [6.45, 7) is 1.98. The van der Waals surface area contributed by atoms with Crippen molar-refractivity contribution in [2.24, 2.45) is 4.99 Å². The van der Waals surface area contributed by atoms with Gasteiger partial charge in [-0.05, 0) is 17.9 Å². The first-order valence-electron chi connectivity index (χ1n) is 4.38. The lowest BCUT2D eigenvalue weighted by Gasteiger charge is -2.02. The van der Waals surface area contributed by atoms with E-state index in [4.69, 9.17) is 0 Å². The number of amidine groups is 1. The largest absolute Gasteiger partial charge is 0.365 e. The summed E-state index contributed by atoms with van der Waals surface area (Å²) in [5.41, 5.74) is 0. The maximum atomic E-state index is 4.33. The van der Waals surface area contributed by atoms with E-state index < -0.39 is 0 Å². The minimum Gasteiger partial charge on any atom is -0.365 e. The fourth-order valence-electron chi connectivity index (χ4n) is 1.19. The maximum absolute atomic E-state index is 4.33. The zero-order chi connectivity index (χ0) is 8.93. The average molecular weight is 212 g/mol. The van der Waals surface area contributed by atoms with Crippen LogP contribution in [-0.4, -0.2) is 24.0 Å². The molecule has 13 heavy (non-hydrogen) atoms. The van der Waals surface area contributed by atoms with Crippen LogP contribution in [-0.2, 0) is 6.42 Å². The number of thioether (sulfide) groups is 1. The number of hydrogen-bond acceptors (Lipinski definition) is 4. The number of nitrogens with zero attached hydrogens (tertiary/aromatic N) is 1. The standard InChI is InChI=1S/C9H12N2S2/c1-2-8(12-6-1)3-4-10-9-11-5-7-13-9/h1-2,6H,3-5,7H2,(H,10,11). The SMILES string of the molecule is c1csc(CCNC2=NCCS2)c1. The van der Waals surface area contributed by atoms with Gasteiger partial charge in [0.1, 0.15) is 0 Å². The van der Waals surface area contributed by atoms with E-state index >= 15 is 0 Å². The Morgan fingerprint density at radius 2 is 2.54 bits per heavy atom. The normalized spacial score (nSPS) is 15.8. The van der Waals surface area contributed by atoms with Crippen LogP contribution in [0.2, 0.25) is 0 Å². The predicted molar refractivity (Wildman–Crippen MR) is 60.8 cm³/mol. The third-order valence-electron chi connectivity index (χ3n) is 1.81. The van der Waals surface area contributed by atoms with Crippen molar-refractivity contribution in [2.45, 2.75) is 6.42 Å². The molecule has 0 unspecified atom stereocenters. The molecule has 1 aromatic rings. The Bertz CT molecular complexity index is 280. The van der Waals surface area contributed by atoms with Crippen LogP contribution in [0.3, 0.4) is 0 Å². The van der Waals surface area contributed by atoms with Crippen LogP contribution in [0.15, 0.2) is 22.5 Å². The van der Waals surface area contributed by atoms with Crippen molar-refractivity contribution in [1.29, 1.82) is 0 Å². The van der Waals surface area contributed by atoms with Crippen molar-refractivity contribution < 1.29 is 0 Å². The van der Waals surface area contributed by atoms with E-state index in [9.17, 15) is 0 Å². The van der Waals surface area contributed by atoms with E-state index in [1.807, 2.05) is 23.1 Å². The molecule has 2 heterocycles. The summed E-state index contributed by atoms with van der Waals surface area (Å²) in [5.74, 6) is 1.14. The van der Waals surface area contributed by atoms with Crippen LogP contribution in [0.4, 0.5) is 0 Å². The Morgan fingerprint density at radius 1 is 1.54 bits per heavy atom. The first-order chi connectivity index (χ1) is 6.45. The van der Waals surface area contributed by atoms with Crippen LogP contribution in [0, 0.1) is 0 Å². The molecule has 0 radical (unpaired) electrons. The Morgan fingerprint density at radius 3 is 3.23 bits per heavy atom. The molecule has 1 aliphatic heterocycles. The Kier molecular flexibility index (Phi) is 3.27. The van der Waals surface area contributed by atoms with Gasteiger partial charge in [-0.15, -0.1) is 11.3 Å². The Labute approximate surface area is 86.5 Å². The van der Waals surface area contributed by atoms with Crippen LogP contribution < -0.4 is 5.32 Å². The average Bonchev–Trinajstić information content (AvgIpc) is 2.75. The third kappa shape index (κ3) is 2.74. The molecule has 0 saturated carbocycles. The van der Waals surface area contributed by atoms with E-state index in [2.05, 4.69) is 27.8 Å². The Hall–Kier alpha value is -0.480. The molecule has 0 aliphatic carbocycles. The van der Waals surface area contributed by atoms with Gasteiger partial charge >= 0.3 is 0 Å². The van der Waals surface area contributed by atoms with Gasteiger partial charge in [0, 0.05) is 17.2 Å². The first kappa shape index (κ1) is 9.09. The van der Waals surface area contributed by atoms with Crippen molar-refractivity contribution in [3.8, 4) is 0 Å². The summed E-state index contributed by atoms with van der Waals surface area (Å²) in [5, 5.41) is 6.58. The summed E-state index contributed by atoms with van der Waals surface area (Å²) in [7, 11) is 0. The molecule has 1 aromatic heterocycles. The van der Waals surface area contributed by atoms with Crippen molar-refractivity contribution in [2.75, 3.05) is 18.8 Å². The molecule has 2 nitrogen and oxygen atoms in total. The Balaban J connectivity index is 1.69. The highest BCUT2D eigenvalue weighted by molar-refractivity contribution is 8.14. The summed E-state index contributed by atoms with van der Waals surface area (Å²) < 4.78 is 0. The molecular weight excluding hydrogens is 200 g/mol. The molecule has 0 fully saturated rings. The first-order valence-corrected chi connectivity index (χ1v) is 6.25. The van der Waals surface area contributed by atoms with E-state index in [1.54, 1.807) is 0 Å². The molecular formula is C9H12N2S2. The highest BCUT2D eigenvalue weighted by Gasteiger charge is 2.05. The number of thiophene rings is 1. The lowest BCUT2D eigenvalue weighted by molar-refractivity contribution is 0.884. The smallest absolute Gasteiger partial charge is 0.156 e. The highest BCUT2D eigenvalue weighted by atomic mass is 32.2. The second-order valence-corrected chi connectivity index (χ2v) is 4.91. The summed E-state index contributed by atoms with van der Waals surface area (Å²) in [6.07, 6.45) is 1.11.